The number of thioether (sulfide) groups is 1. The second-order valence-corrected chi connectivity index (χ2v) is 18.5. The first-order valence-corrected chi connectivity index (χ1v) is 22.8. The van der Waals surface area contributed by atoms with Gasteiger partial charge in [0.05, 0.1) is 27.4 Å². The molecule has 59 heavy (non-hydrogen) atoms. The van der Waals surface area contributed by atoms with Gasteiger partial charge in [0.25, 0.3) is 15.6 Å². The zero-order valence-corrected chi connectivity index (χ0v) is 35.1. The van der Waals surface area contributed by atoms with Crippen molar-refractivity contribution in [3.8, 4) is 0 Å². The Hall–Kier alpha value is -3.17. The molecule has 0 aromatic carbocycles. The normalized spacial score (nSPS) is 21.0. The fourth-order valence-electron chi connectivity index (χ4n) is 5.11. The molecule has 3 rings (SSSR count). The molecule has 27 nitrogen and oxygen atoms in total. The average Bonchev–Trinajstić information content (AvgIpc) is 3.69. The highest BCUT2D eigenvalue weighted by molar-refractivity contribution is 8.13. The van der Waals surface area contributed by atoms with Crippen LogP contribution in [0.4, 0.5) is 5.82 Å². The van der Waals surface area contributed by atoms with Crippen molar-refractivity contribution in [3.05, 3.63) is 12.7 Å². The maximum Gasteiger partial charge on any atom is 0.274 e. The Morgan fingerprint density at radius 2 is 1.73 bits per heavy atom. The van der Waals surface area contributed by atoms with E-state index < -0.39 is 84.6 Å². The number of phosphoric ester groups is 3. The van der Waals surface area contributed by atoms with Crippen molar-refractivity contribution in [2.75, 3.05) is 44.3 Å². The summed E-state index contributed by atoms with van der Waals surface area (Å²) in [5, 5.41) is 26.2. The van der Waals surface area contributed by atoms with Gasteiger partial charge in [0.1, 0.15) is 36.3 Å². The molecule has 0 saturated carbocycles. The third-order valence-electron chi connectivity index (χ3n) is 8.07. The van der Waals surface area contributed by atoms with Crippen molar-refractivity contribution < 1.29 is 80.5 Å². The molecule has 1 aliphatic rings. The summed E-state index contributed by atoms with van der Waals surface area (Å²) in [5.74, 6) is -1.25. The van der Waals surface area contributed by atoms with Gasteiger partial charge in [-0.3, -0.25) is 33.1 Å². The number of aliphatic imine (C=N–C) groups is 1. The van der Waals surface area contributed by atoms with Crippen LogP contribution in [-0.4, -0.2) is 116 Å². The van der Waals surface area contributed by atoms with Crippen LogP contribution in [0.3, 0.4) is 0 Å². The van der Waals surface area contributed by atoms with Crippen LogP contribution < -0.4 is 47.4 Å². The van der Waals surface area contributed by atoms with Crippen LogP contribution in [0.2, 0.25) is 0 Å². The molecule has 0 aliphatic carbocycles. The number of carbonyl (C=O) groups is 3. The molecular weight excluding hydrogens is 873 g/mol. The summed E-state index contributed by atoms with van der Waals surface area (Å²) >= 11 is 1.06. The van der Waals surface area contributed by atoms with E-state index in [-0.39, 0.29) is 47.6 Å². The van der Waals surface area contributed by atoms with E-state index in [0.717, 1.165) is 41.8 Å². The van der Waals surface area contributed by atoms with E-state index in [1.807, 2.05) is 0 Å². The fraction of sp³-hybridized carbons (Fsp3) is 0.679. The molecule has 0 radical (unpaired) electrons. The number of ether oxygens (including phenoxy) is 1. The summed E-state index contributed by atoms with van der Waals surface area (Å²) in [4.78, 5) is 100.0. The molecule has 10 N–H and O–H groups in total. The topological polar surface area (TPSA) is 439 Å². The lowest BCUT2D eigenvalue weighted by Crippen LogP contribution is -2.46. The number of unbranched alkanes of at least 4 members (excludes halogenated alkanes) is 2. The van der Waals surface area contributed by atoms with E-state index in [1.165, 1.54) is 13.8 Å². The number of aromatic nitrogens is 4. The molecule has 31 heteroatoms. The predicted molar refractivity (Wildman–Crippen MR) is 197 cm³/mol. The Labute approximate surface area is 340 Å². The van der Waals surface area contributed by atoms with Crippen LogP contribution in [0.25, 0.3) is 11.2 Å². The minimum atomic E-state index is -5.92. The molecule has 0 bridgehead atoms. The van der Waals surface area contributed by atoms with Crippen molar-refractivity contribution in [1.29, 1.82) is 0 Å². The number of hydrogen-bond donors (Lipinski definition) is 7. The van der Waals surface area contributed by atoms with Crippen LogP contribution >= 0.6 is 35.2 Å². The first-order chi connectivity index (χ1) is 27.4. The van der Waals surface area contributed by atoms with Crippen LogP contribution in [0.5, 0.6) is 0 Å². The Kier molecular flexibility index (Phi) is 18.8. The van der Waals surface area contributed by atoms with E-state index in [9.17, 15) is 57.9 Å². The number of hydrogen-bond acceptors (Lipinski definition) is 23. The number of fused-ring (bicyclic) bond motifs is 1. The maximum absolute atomic E-state index is 12.5. The first-order valence-electron chi connectivity index (χ1n) is 17.4. The number of imidazole rings is 1. The standard InChI is InChI=1S/C28H49N10O17P3S/c1-28(2,22(42)25(43)33-9-7-17(39)32-10-11-59-18(40)6-4-3-5-8-34-27(30)31)13-52-58(49,50)55-57(47,48)51-12-16-21(54-56(44,45)46)20(41)26(53-16)38-15-37-19-23(29)35-14-36-24(19)38/h14-16,20-22,26,41-42H,3-13H2,1-2H3,(H,32,39)(H,33,43)(H,47,48)(H,49,50)(H2,29,35,36)(H4,30,31,34)(H2,44,45,46)/p-4. The Bertz CT molecular complexity index is 1930. The minimum Gasteiger partial charge on any atom is -0.790 e. The second-order valence-electron chi connectivity index (χ2n) is 13.3. The molecule has 7 atom stereocenters. The van der Waals surface area contributed by atoms with Crippen molar-refractivity contribution in [2.45, 2.75) is 76.6 Å². The number of nitrogens with two attached hydrogens (primary N) is 3. The molecule has 1 saturated heterocycles. The Morgan fingerprint density at radius 1 is 1.03 bits per heavy atom. The van der Waals surface area contributed by atoms with Gasteiger partial charge in [-0.1, -0.05) is 32.0 Å². The van der Waals surface area contributed by atoms with Gasteiger partial charge >= 0.3 is 0 Å². The smallest absolute Gasteiger partial charge is 0.274 e. The predicted octanol–water partition coefficient (Wildman–Crippen LogP) is -4.03. The lowest BCUT2D eigenvalue weighted by atomic mass is 9.87. The number of phosphoric acid groups is 3. The fourth-order valence-corrected chi connectivity index (χ4v) is 8.57. The second kappa shape index (κ2) is 22.1. The molecule has 2 aromatic rings. The van der Waals surface area contributed by atoms with Gasteiger partial charge in [-0.15, -0.1) is 0 Å². The zero-order chi connectivity index (χ0) is 44.2. The highest BCUT2D eigenvalue weighted by Gasteiger charge is 2.47. The number of rotatable bonds is 25. The van der Waals surface area contributed by atoms with E-state index in [0.29, 0.717) is 25.1 Å². The van der Waals surface area contributed by atoms with Gasteiger partial charge in [-0.2, -0.15) is 0 Å². The molecule has 1 aliphatic heterocycles. The molecule has 2 aromatic heterocycles. The summed E-state index contributed by atoms with van der Waals surface area (Å²) < 4.78 is 60.5. The van der Waals surface area contributed by atoms with Crippen LogP contribution in [0.1, 0.15) is 52.2 Å². The number of aliphatic hydroxyl groups is 2. The Morgan fingerprint density at radius 3 is 2.41 bits per heavy atom. The summed E-state index contributed by atoms with van der Waals surface area (Å²) in [6.45, 7) is 0.523. The Balaban J connectivity index is 1.42. The van der Waals surface area contributed by atoms with Crippen LogP contribution in [0, 0.1) is 5.41 Å². The quantitative estimate of drug-likeness (QED) is 0.0216. The molecular formula is C28H45N10O17P3S-4. The van der Waals surface area contributed by atoms with E-state index in [4.69, 9.17) is 21.9 Å². The first kappa shape index (κ1) is 50.2. The third kappa shape index (κ3) is 16.7. The van der Waals surface area contributed by atoms with E-state index in [2.05, 4.69) is 48.5 Å². The lowest BCUT2D eigenvalue weighted by Gasteiger charge is -2.36. The molecule has 3 heterocycles. The third-order valence-corrected chi connectivity index (χ3v) is 12.0. The number of anilines is 1. The van der Waals surface area contributed by atoms with Crippen molar-refractivity contribution >= 4 is 75.1 Å². The SMILES string of the molecule is CC(C)(COP(=O)([O-])OP(=O)([O-])OCC1OC(n2cnc3c(N)ncnc32)C(O)C1OP(=O)([O-])[O-])C(O)C(=O)NCCC(=O)NCCSC(=O)CCCCCN=C(N)N. The number of nitrogens with one attached hydrogen (secondary N) is 2. The molecule has 334 valence electrons. The van der Waals surface area contributed by atoms with Gasteiger partial charge in [0.15, 0.2) is 28.8 Å². The van der Waals surface area contributed by atoms with Crippen molar-refractivity contribution in [1.82, 2.24) is 30.2 Å². The number of amides is 2. The number of guanidine groups is 1. The minimum absolute atomic E-state index is 0.00883. The molecule has 1 fully saturated rings. The van der Waals surface area contributed by atoms with Crippen molar-refractivity contribution in [2.24, 2.45) is 21.9 Å². The van der Waals surface area contributed by atoms with Gasteiger partial charge in [0, 0.05) is 43.6 Å². The molecule has 0 spiro atoms. The number of aliphatic hydroxyl groups excluding tert-OH is 2. The summed E-state index contributed by atoms with van der Waals surface area (Å²) in [6.07, 6.45) is -5.10. The van der Waals surface area contributed by atoms with Crippen LogP contribution in [0.15, 0.2) is 17.6 Å². The number of carbonyl (C=O) groups excluding carboxylic acids is 3. The van der Waals surface area contributed by atoms with Crippen molar-refractivity contribution in [3.63, 3.8) is 0 Å². The highest BCUT2D eigenvalue weighted by atomic mass is 32.2. The average molecular weight is 919 g/mol. The summed E-state index contributed by atoms with van der Waals surface area (Å²) in [5.41, 5.74) is 14.5. The monoisotopic (exact) mass is 918 g/mol. The number of nitrogens with zero attached hydrogens (tertiary/aromatic N) is 5. The largest absolute Gasteiger partial charge is 0.790 e. The highest BCUT2D eigenvalue weighted by Crippen LogP contribution is 2.56. The zero-order valence-electron chi connectivity index (χ0n) is 31.6. The summed E-state index contributed by atoms with van der Waals surface area (Å²) in [6, 6.07) is 0. The van der Waals surface area contributed by atoms with Gasteiger partial charge in [0.2, 0.25) is 11.8 Å². The molecule has 2 amide bonds. The van der Waals surface area contributed by atoms with E-state index >= 15 is 0 Å². The van der Waals surface area contributed by atoms with Gasteiger partial charge < -0.3 is 80.5 Å². The van der Waals surface area contributed by atoms with E-state index in [1.54, 1.807) is 0 Å². The maximum atomic E-state index is 12.5. The summed E-state index contributed by atoms with van der Waals surface area (Å²) in [7, 11) is -17.6. The van der Waals surface area contributed by atoms with Crippen LogP contribution in [-0.2, 0) is 50.7 Å². The lowest BCUT2D eigenvalue weighted by molar-refractivity contribution is -0.347. The van der Waals surface area contributed by atoms with Gasteiger partial charge in [-0.25, -0.2) is 19.3 Å². The molecule has 7 unspecified atom stereocenters. The number of nitrogen functional groups attached to an aromatic ring is 1. The van der Waals surface area contributed by atoms with Gasteiger partial charge in [-0.05, 0) is 12.8 Å².